The van der Waals surface area contributed by atoms with Crippen LogP contribution in [0.25, 0.3) is 0 Å². The Kier molecular flexibility index (Phi) is 4.50. The number of ether oxygens (including phenoxy) is 1. The summed E-state index contributed by atoms with van der Waals surface area (Å²) in [6.45, 7) is 6.61. The molecule has 5 rings (SSSR count). The number of hydrogen-bond acceptors (Lipinski definition) is 4. The van der Waals surface area contributed by atoms with Crippen molar-refractivity contribution in [2.24, 2.45) is 17.8 Å². The molecule has 4 unspecified atom stereocenters. The second kappa shape index (κ2) is 6.83. The molecule has 5 heteroatoms. The third-order valence-corrected chi connectivity index (χ3v) is 8.05. The van der Waals surface area contributed by atoms with Crippen molar-refractivity contribution in [3.63, 3.8) is 0 Å². The van der Waals surface area contributed by atoms with Crippen molar-refractivity contribution < 1.29 is 14.3 Å². The van der Waals surface area contributed by atoms with Gasteiger partial charge < -0.3 is 14.5 Å². The van der Waals surface area contributed by atoms with Gasteiger partial charge in [0.1, 0.15) is 11.4 Å². The number of benzene rings is 1. The molecular formula is C24H32N2O3. The lowest BCUT2D eigenvalue weighted by Crippen LogP contribution is -2.49. The third-order valence-electron chi connectivity index (χ3n) is 8.05. The van der Waals surface area contributed by atoms with Crippen LogP contribution in [-0.4, -0.2) is 59.3 Å². The zero-order valence-electron chi connectivity index (χ0n) is 17.8. The summed E-state index contributed by atoms with van der Waals surface area (Å²) in [7, 11) is 1.99. The summed E-state index contributed by atoms with van der Waals surface area (Å²) in [4.78, 5) is 30.6. The molecule has 4 aliphatic rings. The van der Waals surface area contributed by atoms with Crippen molar-refractivity contribution in [2.75, 3.05) is 20.1 Å². The van der Waals surface area contributed by atoms with E-state index in [4.69, 9.17) is 4.74 Å². The minimum Gasteiger partial charge on any atom is -0.486 e. The van der Waals surface area contributed by atoms with E-state index >= 15 is 0 Å². The van der Waals surface area contributed by atoms with E-state index in [0.29, 0.717) is 35.7 Å². The van der Waals surface area contributed by atoms with Crippen LogP contribution in [0.2, 0.25) is 0 Å². The Bertz CT molecular complexity index is 829. The summed E-state index contributed by atoms with van der Waals surface area (Å²) >= 11 is 0. The largest absolute Gasteiger partial charge is 0.486 e. The summed E-state index contributed by atoms with van der Waals surface area (Å²) in [5.74, 6) is 1.77. The fourth-order valence-corrected chi connectivity index (χ4v) is 6.30. The van der Waals surface area contributed by atoms with E-state index in [1.165, 1.54) is 0 Å². The van der Waals surface area contributed by atoms with E-state index in [9.17, 15) is 9.59 Å². The molecule has 0 bridgehead atoms. The molecule has 2 aliphatic carbocycles. The molecule has 3 fully saturated rings. The number of Topliss-reactive ketones (excluding diaryl/α,β-unsaturated/α-hetero) is 1. The first kappa shape index (κ1) is 19.1. The molecule has 2 aliphatic heterocycles. The first-order valence-corrected chi connectivity index (χ1v) is 11.2. The van der Waals surface area contributed by atoms with E-state index in [0.717, 1.165) is 38.8 Å². The molecule has 29 heavy (non-hydrogen) atoms. The molecule has 1 saturated heterocycles. The number of carbonyl (C=O) groups excluding carboxylic acids is 2. The Hall–Kier alpha value is -1.88. The average molecular weight is 397 g/mol. The Morgan fingerprint density at radius 2 is 1.93 bits per heavy atom. The molecule has 156 valence electrons. The highest BCUT2D eigenvalue weighted by atomic mass is 16.5. The van der Waals surface area contributed by atoms with Crippen LogP contribution < -0.4 is 4.74 Å². The van der Waals surface area contributed by atoms with Crippen LogP contribution in [0.15, 0.2) is 24.3 Å². The van der Waals surface area contributed by atoms with Gasteiger partial charge >= 0.3 is 0 Å². The second-order valence-corrected chi connectivity index (χ2v) is 9.83. The molecule has 1 aromatic rings. The van der Waals surface area contributed by atoms with Crippen molar-refractivity contribution in [3.8, 4) is 5.75 Å². The van der Waals surface area contributed by atoms with E-state index < -0.39 is 5.60 Å². The monoisotopic (exact) mass is 396 g/mol. The summed E-state index contributed by atoms with van der Waals surface area (Å²) < 4.78 is 6.45. The zero-order chi connectivity index (χ0) is 20.3. The van der Waals surface area contributed by atoms with Gasteiger partial charge in [0.05, 0.1) is 12.0 Å². The van der Waals surface area contributed by atoms with Gasteiger partial charge in [-0.25, -0.2) is 0 Å². The molecule has 0 radical (unpaired) electrons. The molecule has 5 nitrogen and oxygen atoms in total. The van der Waals surface area contributed by atoms with Gasteiger partial charge in [0.2, 0.25) is 5.91 Å². The van der Waals surface area contributed by atoms with Crippen LogP contribution in [0.5, 0.6) is 5.75 Å². The fourth-order valence-electron chi connectivity index (χ4n) is 6.30. The van der Waals surface area contributed by atoms with Crippen molar-refractivity contribution in [1.29, 1.82) is 0 Å². The maximum absolute atomic E-state index is 13.4. The minimum absolute atomic E-state index is 0.0370. The summed E-state index contributed by atoms with van der Waals surface area (Å²) in [6, 6.07) is 8.47. The number of amides is 1. The van der Waals surface area contributed by atoms with Gasteiger partial charge in [-0.15, -0.1) is 0 Å². The maximum Gasteiger partial charge on any atom is 0.226 e. The van der Waals surface area contributed by atoms with Crippen LogP contribution in [0, 0.1) is 17.8 Å². The first-order valence-electron chi connectivity index (χ1n) is 11.2. The number of para-hydroxylation sites is 1. The Morgan fingerprint density at radius 1 is 1.21 bits per heavy atom. The predicted octanol–water partition coefficient (Wildman–Crippen LogP) is 3.38. The van der Waals surface area contributed by atoms with Crippen LogP contribution in [-0.2, 0) is 4.79 Å². The fraction of sp³-hybridized carbons (Fsp3) is 0.667. The van der Waals surface area contributed by atoms with E-state index in [2.05, 4.69) is 18.7 Å². The lowest BCUT2D eigenvalue weighted by atomic mass is 9.84. The summed E-state index contributed by atoms with van der Waals surface area (Å²) in [5, 5.41) is 0. The Morgan fingerprint density at radius 3 is 2.66 bits per heavy atom. The molecule has 1 spiro atoms. The molecule has 2 heterocycles. The molecule has 0 aromatic heterocycles. The Balaban J connectivity index is 1.28. The van der Waals surface area contributed by atoms with Crippen LogP contribution in [0.4, 0.5) is 0 Å². The van der Waals surface area contributed by atoms with Crippen LogP contribution >= 0.6 is 0 Å². The second-order valence-electron chi connectivity index (χ2n) is 9.83. The normalized spacial score (nSPS) is 34.1. The highest BCUT2D eigenvalue weighted by Gasteiger charge is 2.71. The molecule has 0 N–H and O–H groups in total. The van der Waals surface area contributed by atoms with Crippen molar-refractivity contribution >= 4 is 11.7 Å². The first-order chi connectivity index (χ1) is 13.9. The average Bonchev–Trinajstić information content (AvgIpc) is 3.37. The van der Waals surface area contributed by atoms with Gasteiger partial charge in [-0.05, 0) is 57.6 Å². The molecular weight excluding hydrogens is 364 g/mol. The number of piperidine rings is 1. The quantitative estimate of drug-likeness (QED) is 0.786. The maximum atomic E-state index is 13.4. The van der Waals surface area contributed by atoms with E-state index in [-0.39, 0.29) is 23.5 Å². The van der Waals surface area contributed by atoms with E-state index in [1.807, 2.05) is 36.2 Å². The standard InChI is InChI=1S/C24H32N2O3/c1-15(2)26-12-9-16(10-13-26)25(3)23(28)21-18-8-11-24(22(18)21)14-19(27)17-6-4-5-7-20(17)29-24/h4-7,15-16,18,21-22H,8-14H2,1-3H3. The number of nitrogens with zero attached hydrogens (tertiary/aromatic N) is 2. The smallest absolute Gasteiger partial charge is 0.226 e. The lowest BCUT2D eigenvalue weighted by molar-refractivity contribution is -0.136. The number of rotatable bonds is 3. The van der Waals surface area contributed by atoms with Crippen molar-refractivity contribution in [1.82, 2.24) is 9.80 Å². The number of hydrogen-bond donors (Lipinski definition) is 0. The minimum atomic E-state index is -0.460. The highest BCUT2D eigenvalue weighted by molar-refractivity contribution is 6.00. The number of likely N-dealkylation sites (tertiary alicyclic amines) is 1. The summed E-state index contributed by atoms with van der Waals surface area (Å²) in [5.41, 5.74) is 0.234. The molecule has 4 atom stereocenters. The molecule has 2 saturated carbocycles. The topological polar surface area (TPSA) is 49.9 Å². The number of ketones is 1. The third kappa shape index (κ3) is 3.00. The van der Waals surface area contributed by atoms with Crippen molar-refractivity contribution in [2.45, 2.75) is 63.6 Å². The highest BCUT2D eigenvalue weighted by Crippen LogP contribution is 2.66. The predicted molar refractivity (Wildman–Crippen MR) is 111 cm³/mol. The van der Waals surface area contributed by atoms with Gasteiger partial charge in [-0.1, -0.05) is 12.1 Å². The van der Waals surface area contributed by atoms with Gasteiger partial charge in [-0.3, -0.25) is 9.59 Å². The number of carbonyl (C=O) groups is 2. The van der Waals surface area contributed by atoms with Gasteiger partial charge in [-0.2, -0.15) is 0 Å². The summed E-state index contributed by atoms with van der Waals surface area (Å²) in [6.07, 6.45) is 4.41. The lowest BCUT2D eigenvalue weighted by Gasteiger charge is -2.40. The van der Waals surface area contributed by atoms with Gasteiger partial charge in [0.25, 0.3) is 0 Å². The zero-order valence-corrected chi connectivity index (χ0v) is 17.8. The molecule has 1 amide bonds. The van der Waals surface area contributed by atoms with E-state index in [1.54, 1.807) is 0 Å². The Labute approximate surface area is 173 Å². The van der Waals surface area contributed by atoms with Gasteiger partial charge in [0, 0.05) is 44.1 Å². The number of fused-ring (bicyclic) bond motifs is 3. The van der Waals surface area contributed by atoms with Crippen LogP contribution in [0.3, 0.4) is 0 Å². The van der Waals surface area contributed by atoms with Crippen LogP contribution in [0.1, 0.15) is 56.3 Å². The van der Waals surface area contributed by atoms with Crippen molar-refractivity contribution in [3.05, 3.63) is 29.8 Å². The SMILES string of the molecule is CC(C)N1CCC(N(C)C(=O)C2C3CCC4(CC(=O)c5ccccc5O4)C32)CC1. The van der Waals surface area contributed by atoms with Gasteiger partial charge in [0.15, 0.2) is 5.78 Å². The molecule has 1 aromatic carbocycles.